The van der Waals surface area contributed by atoms with Crippen LogP contribution in [0, 0.1) is 0 Å². The molecule has 0 aromatic heterocycles. The van der Waals surface area contributed by atoms with E-state index in [0.29, 0.717) is 28.4 Å². The number of benzene rings is 2. The number of nitrogens with one attached hydrogen (secondary N) is 2. The van der Waals surface area contributed by atoms with E-state index in [1.165, 1.54) is 13.3 Å². The molecule has 8 nitrogen and oxygen atoms in total. The summed E-state index contributed by atoms with van der Waals surface area (Å²) >= 11 is 0. The predicted molar refractivity (Wildman–Crippen MR) is 101 cm³/mol. The zero-order chi connectivity index (χ0) is 19.6. The minimum Gasteiger partial charge on any atom is -0.497 e. The number of ether oxygens (including phenoxy) is 3. The van der Waals surface area contributed by atoms with Crippen LogP contribution >= 0.6 is 0 Å². The van der Waals surface area contributed by atoms with Crippen molar-refractivity contribution in [1.29, 1.82) is 0 Å². The Balaban J connectivity index is 1.87. The summed E-state index contributed by atoms with van der Waals surface area (Å²) in [7, 11) is 4.63. The third kappa shape index (κ3) is 5.74. The van der Waals surface area contributed by atoms with E-state index in [-0.39, 0.29) is 12.5 Å². The van der Waals surface area contributed by atoms with Crippen LogP contribution in [0.2, 0.25) is 0 Å². The molecule has 0 atom stereocenters. The Bertz CT molecular complexity index is 819. The maximum atomic E-state index is 12.0. The van der Waals surface area contributed by atoms with Crippen LogP contribution in [0.1, 0.15) is 15.9 Å². The van der Waals surface area contributed by atoms with Crippen LogP contribution in [-0.2, 0) is 4.79 Å². The van der Waals surface area contributed by atoms with Gasteiger partial charge in [-0.15, -0.1) is 0 Å². The van der Waals surface area contributed by atoms with Gasteiger partial charge in [0.15, 0.2) is 0 Å². The van der Waals surface area contributed by atoms with Crippen LogP contribution < -0.4 is 25.0 Å². The zero-order valence-corrected chi connectivity index (χ0v) is 15.3. The lowest BCUT2D eigenvalue weighted by Gasteiger charge is -2.07. The predicted octanol–water partition coefficient (Wildman–Crippen LogP) is 1.59. The van der Waals surface area contributed by atoms with Gasteiger partial charge in [-0.25, -0.2) is 5.43 Å². The summed E-state index contributed by atoms with van der Waals surface area (Å²) < 4.78 is 15.4. The van der Waals surface area contributed by atoms with Gasteiger partial charge in [0.1, 0.15) is 17.2 Å². The maximum absolute atomic E-state index is 12.0. The van der Waals surface area contributed by atoms with E-state index in [1.54, 1.807) is 56.7 Å². The third-order valence-electron chi connectivity index (χ3n) is 3.59. The molecule has 0 saturated carbocycles. The van der Waals surface area contributed by atoms with Gasteiger partial charge in [0.05, 0.1) is 34.1 Å². The number of amides is 2. The minimum atomic E-state index is -0.463. The summed E-state index contributed by atoms with van der Waals surface area (Å²) in [6.45, 7) is -0.211. The summed E-state index contributed by atoms with van der Waals surface area (Å²) in [5.41, 5.74) is 3.41. The van der Waals surface area contributed by atoms with Crippen LogP contribution in [0.15, 0.2) is 47.6 Å². The normalized spacial score (nSPS) is 10.3. The number of rotatable bonds is 8. The second-order valence-corrected chi connectivity index (χ2v) is 5.31. The minimum absolute atomic E-state index is 0.211. The number of methoxy groups -OCH3 is 3. The van der Waals surface area contributed by atoms with Gasteiger partial charge in [-0.05, 0) is 42.5 Å². The molecular formula is C19H21N3O5. The first-order valence-corrected chi connectivity index (χ1v) is 8.03. The number of hydrogen-bond acceptors (Lipinski definition) is 6. The van der Waals surface area contributed by atoms with Crippen LogP contribution in [0.4, 0.5) is 0 Å². The topological polar surface area (TPSA) is 98.2 Å². The molecule has 2 amide bonds. The molecule has 0 radical (unpaired) electrons. The largest absolute Gasteiger partial charge is 0.497 e. The lowest BCUT2D eigenvalue weighted by atomic mass is 10.2. The second kappa shape index (κ2) is 9.81. The molecule has 0 bridgehead atoms. The lowest BCUT2D eigenvalue weighted by Crippen LogP contribution is -2.34. The molecule has 27 heavy (non-hydrogen) atoms. The first-order chi connectivity index (χ1) is 13.1. The SMILES string of the molecule is COc1ccc(C(=O)NCC(=O)N/N=C/c2cc(OC)ccc2OC)cc1. The molecule has 0 aliphatic heterocycles. The van der Waals surface area contributed by atoms with Gasteiger partial charge in [0, 0.05) is 11.1 Å². The Morgan fingerprint density at radius 1 is 0.963 bits per heavy atom. The van der Waals surface area contributed by atoms with E-state index in [1.807, 2.05) is 0 Å². The standard InChI is InChI=1S/C19H21N3O5/c1-25-15-6-4-13(5-7-15)19(24)20-12-18(23)22-21-11-14-10-16(26-2)8-9-17(14)27-3/h4-11H,12H2,1-3H3,(H,20,24)(H,22,23)/b21-11+. The number of hydrogen-bond donors (Lipinski definition) is 2. The van der Waals surface area contributed by atoms with Gasteiger partial charge in [-0.3, -0.25) is 9.59 Å². The maximum Gasteiger partial charge on any atom is 0.259 e. The Kier molecular flexibility index (Phi) is 7.18. The summed E-state index contributed by atoms with van der Waals surface area (Å²) in [4.78, 5) is 23.8. The molecule has 2 rings (SSSR count). The third-order valence-corrected chi connectivity index (χ3v) is 3.59. The Morgan fingerprint density at radius 3 is 2.26 bits per heavy atom. The van der Waals surface area contributed by atoms with Crippen molar-refractivity contribution in [2.24, 2.45) is 5.10 Å². The van der Waals surface area contributed by atoms with Crippen LogP contribution in [-0.4, -0.2) is 45.9 Å². The van der Waals surface area contributed by atoms with Crippen molar-refractivity contribution in [3.8, 4) is 17.2 Å². The van der Waals surface area contributed by atoms with Crippen molar-refractivity contribution < 1.29 is 23.8 Å². The molecule has 2 N–H and O–H groups in total. The first kappa shape index (κ1) is 19.8. The van der Waals surface area contributed by atoms with Gasteiger partial charge in [-0.2, -0.15) is 5.10 Å². The van der Waals surface area contributed by atoms with E-state index in [2.05, 4.69) is 15.8 Å². The fourth-order valence-corrected chi connectivity index (χ4v) is 2.16. The average Bonchev–Trinajstić information content (AvgIpc) is 2.71. The zero-order valence-electron chi connectivity index (χ0n) is 15.3. The van der Waals surface area contributed by atoms with Crippen molar-refractivity contribution in [2.75, 3.05) is 27.9 Å². The molecule has 0 spiro atoms. The molecule has 0 fully saturated rings. The van der Waals surface area contributed by atoms with Gasteiger partial charge in [0.2, 0.25) is 0 Å². The first-order valence-electron chi connectivity index (χ1n) is 8.03. The fraction of sp³-hybridized carbons (Fsp3) is 0.211. The van der Waals surface area contributed by atoms with Gasteiger partial charge >= 0.3 is 0 Å². The number of nitrogens with zero attached hydrogens (tertiary/aromatic N) is 1. The molecule has 2 aromatic rings. The van der Waals surface area contributed by atoms with Crippen molar-refractivity contribution in [2.45, 2.75) is 0 Å². The highest BCUT2D eigenvalue weighted by Crippen LogP contribution is 2.22. The molecule has 2 aromatic carbocycles. The monoisotopic (exact) mass is 371 g/mol. The van der Waals surface area contributed by atoms with Crippen molar-refractivity contribution in [3.05, 3.63) is 53.6 Å². The Hall–Kier alpha value is -3.55. The van der Waals surface area contributed by atoms with E-state index in [9.17, 15) is 9.59 Å². The second-order valence-electron chi connectivity index (χ2n) is 5.31. The van der Waals surface area contributed by atoms with Crippen LogP contribution in [0.3, 0.4) is 0 Å². The summed E-state index contributed by atoms with van der Waals surface area (Å²) in [5.74, 6) is 1.03. The van der Waals surface area contributed by atoms with Crippen molar-refractivity contribution >= 4 is 18.0 Å². The smallest absolute Gasteiger partial charge is 0.259 e. The van der Waals surface area contributed by atoms with E-state index in [4.69, 9.17) is 14.2 Å². The summed E-state index contributed by atoms with van der Waals surface area (Å²) in [6.07, 6.45) is 1.44. The highest BCUT2D eigenvalue weighted by Gasteiger charge is 2.08. The Labute approximate surface area is 157 Å². The highest BCUT2D eigenvalue weighted by atomic mass is 16.5. The lowest BCUT2D eigenvalue weighted by molar-refractivity contribution is -0.120. The summed E-state index contributed by atoms with van der Waals surface area (Å²) in [6, 6.07) is 11.8. The molecule has 0 saturated heterocycles. The molecule has 0 heterocycles. The molecule has 8 heteroatoms. The number of carbonyl (C=O) groups excluding carboxylic acids is 2. The van der Waals surface area contributed by atoms with Crippen LogP contribution in [0.5, 0.6) is 17.2 Å². The van der Waals surface area contributed by atoms with Gasteiger partial charge in [-0.1, -0.05) is 0 Å². The average molecular weight is 371 g/mol. The van der Waals surface area contributed by atoms with E-state index >= 15 is 0 Å². The Morgan fingerprint density at radius 2 is 1.63 bits per heavy atom. The molecule has 142 valence electrons. The molecular weight excluding hydrogens is 350 g/mol. The molecule has 0 aliphatic carbocycles. The molecule has 0 unspecified atom stereocenters. The van der Waals surface area contributed by atoms with Gasteiger partial charge < -0.3 is 19.5 Å². The fourth-order valence-electron chi connectivity index (χ4n) is 2.16. The van der Waals surface area contributed by atoms with Gasteiger partial charge in [0.25, 0.3) is 11.8 Å². The van der Waals surface area contributed by atoms with Crippen molar-refractivity contribution in [1.82, 2.24) is 10.7 Å². The quantitative estimate of drug-likeness (QED) is 0.542. The van der Waals surface area contributed by atoms with Crippen molar-refractivity contribution in [3.63, 3.8) is 0 Å². The number of hydrazone groups is 1. The van der Waals surface area contributed by atoms with Crippen LogP contribution in [0.25, 0.3) is 0 Å². The number of carbonyl (C=O) groups is 2. The summed E-state index contributed by atoms with van der Waals surface area (Å²) in [5, 5.41) is 6.39. The highest BCUT2D eigenvalue weighted by molar-refractivity contribution is 5.96. The van der Waals surface area contributed by atoms with E-state index < -0.39 is 5.91 Å². The molecule has 0 aliphatic rings. The van der Waals surface area contributed by atoms with E-state index in [0.717, 1.165) is 0 Å².